The number of aliphatic hydroxyl groups excluding tert-OH is 2. The van der Waals surface area contributed by atoms with E-state index < -0.39 is 18.3 Å². The van der Waals surface area contributed by atoms with Crippen LogP contribution in [0, 0.1) is 6.92 Å². The smallest absolute Gasteiger partial charge is 0.407 e. The van der Waals surface area contributed by atoms with E-state index >= 15 is 0 Å². The van der Waals surface area contributed by atoms with Crippen LogP contribution < -0.4 is 5.32 Å². The summed E-state index contributed by atoms with van der Waals surface area (Å²) in [5, 5.41) is 27.8. The first-order valence-electron chi connectivity index (χ1n) is 11.6. The molecule has 0 bridgehead atoms. The second kappa shape index (κ2) is 9.74. The Morgan fingerprint density at radius 3 is 2.40 bits per heavy atom. The quantitative estimate of drug-likeness (QED) is 0.379. The molecular weight excluding hydrogens is 442 g/mol. The monoisotopic (exact) mass is 469 g/mol. The molecular formula is C28H27N3O4. The molecule has 0 fully saturated rings. The second-order valence-electron chi connectivity index (χ2n) is 8.78. The molecule has 35 heavy (non-hydrogen) atoms. The molecule has 0 saturated heterocycles. The number of aryl methyl sites for hydroxylation is 1. The molecule has 2 atom stereocenters. The lowest BCUT2D eigenvalue weighted by atomic mass is 9.98. The average Bonchev–Trinajstić information content (AvgIpc) is 3.49. The van der Waals surface area contributed by atoms with Crippen molar-refractivity contribution in [2.45, 2.75) is 25.0 Å². The highest BCUT2D eigenvalue weighted by atomic mass is 16.5. The third-order valence-electron chi connectivity index (χ3n) is 6.37. The lowest BCUT2D eigenvalue weighted by molar-refractivity contribution is 0.0185. The van der Waals surface area contributed by atoms with E-state index in [-0.39, 0.29) is 19.1 Å². The van der Waals surface area contributed by atoms with E-state index in [4.69, 9.17) is 4.74 Å². The van der Waals surface area contributed by atoms with Crippen molar-refractivity contribution in [3.05, 3.63) is 107 Å². The highest BCUT2D eigenvalue weighted by Crippen LogP contribution is 2.44. The Balaban J connectivity index is 1.16. The number of alkyl carbamates (subject to hydrolysis) is 1. The van der Waals surface area contributed by atoms with Gasteiger partial charge >= 0.3 is 6.09 Å². The van der Waals surface area contributed by atoms with Crippen LogP contribution in [0.15, 0.2) is 85.2 Å². The summed E-state index contributed by atoms with van der Waals surface area (Å²) in [7, 11) is 0. The van der Waals surface area contributed by atoms with Crippen LogP contribution in [-0.2, 0) is 4.74 Å². The van der Waals surface area contributed by atoms with E-state index in [0.29, 0.717) is 5.56 Å². The van der Waals surface area contributed by atoms with Crippen LogP contribution in [-0.4, -0.2) is 45.3 Å². The van der Waals surface area contributed by atoms with E-state index in [0.717, 1.165) is 33.5 Å². The Kier molecular flexibility index (Phi) is 6.35. The standard InChI is InChI=1S/C28H27N3O4/c1-18-7-6-8-20(13-18)31-16-19(14-30-31)27(33)26(32)15-29-28(34)35-17-25-23-11-4-2-9-21(23)22-10-3-5-12-24(22)25/h2-14,16,25-27,32-33H,15,17H2,1H3,(H,29,34). The number of nitrogens with one attached hydrogen (secondary N) is 1. The molecule has 7 heteroatoms. The Bertz CT molecular complexity index is 1300. The summed E-state index contributed by atoms with van der Waals surface area (Å²) in [6.07, 6.45) is 0.0982. The highest BCUT2D eigenvalue weighted by Gasteiger charge is 2.29. The van der Waals surface area contributed by atoms with Gasteiger partial charge in [-0.25, -0.2) is 9.48 Å². The van der Waals surface area contributed by atoms with Crippen molar-refractivity contribution < 1.29 is 19.7 Å². The van der Waals surface area contributed by atoms with Gasteiger partial charge in [0.1, 0.15) is 18.8 Å². The molecule has 0 saturated carbocycles. The lowest BCUT2D eigenvalue weighted by Gasteiger charge is -2.18. The fraction of sp³-hybridized carbons (Fsp3) is 0.214. The molecule has 0 radical (unpaired) electrons. The number of benzene rings is 3. The number of ether oxygens (including phenoxy) is 1. The number of hydrogen-bond acceptors (Lipinski definition) is 5. The molecule has 4 aromatic rings. The van der Waals surface area contributed by atoms with E-state index in [1.54, 1.807) is 10.9 Å². The van der Waals surface area contributed by atoms with Crippen molar-refractivity contribution in [1.82, 2.24) is 15.1 Å². The van der Waals surface area contributed by atoms with Crippen LogP contribution in [0.5, 0.6) is 0 Å². The maximum absolute atomic E-state index is 12.4. The molecule has 3 aromatic carbocycles. The summed E-state index contributed by atoms with van der Waals surface area (Å²) in [4.78, 5) is 12.4. The first-order chi connectivity index (χ1) is 17.0. The van der Waals surface area contributed by atoms with Crippen LogP contribution in [0.1, 0.15) is 34.3 Å². The molecule has 2 unspecified atom stereocenters. The predicted molar refractivity (Wildman–Crippen MR) is 132 cm³/mol. The number of carbonyl (C=O) groups excluding carboxylic acids is 1. The third-order valence-corrected chi connectivity index (χ3v) is 6.37. The second-order valence-corrected chi connectivity index (χ2v) is 8.78. The number of aliphatic hydroxyl groups is 2. The number of aromatic nitrogens is 2. The molecule has 3 N–H and O–H groups in total. The fourth-order valence-corrected chi connectivity index (χ4v) is 4.57. The van der Waals surface area contributed by atoms with Gasteiger partial charge in [0.15, 0.2) is 0 Å². The summed E-state index contributed by atoms with van der Waals surface area (Å²) in [6, 6.07) is 24.0. The zero-order valence-electron chi connectivity index (χ0n) is 19.3. The zero-order valence-corrected chi connectivity index (χ0v) is 19.3. The minimum atomic E-state index is -1.22. The predicted octanol–water partition coefficient (Wildman–Crippen LogP) is 4.11. The molecule has 1 amide bonds. The van der Waals surface area contributed by atoms with Crippen LogP contribution in [0.25, 0.3) is 16.8 Å². The Morgan fingerprint density at radius 2 is 1.71 bits per heavy atom. The number of carbonyl (C=O) groups is 1. The molecule has 1 aliphatic carbocycles. The van der Waals surface area contributed by atoms with Crippen molar-refractivity contribution in [2.75, 3.05) is 13.2 Å². The minimum Gasteiger partial charge on any atom is -0.449 e. The topological polar surface area (TPSA) is 96.6 Å². The molecule has 178 valence electrons. The Labute approximate surface area is 203 Å². The van der Waals surface area contributed by atoms with Gasteiger partial charge in [0.05, 0.1) is 11.9 Å². The Morgan fingerprint density at radius 1 is 1.03 bits per heavy atom. The van der Waals surface area contributed by atoms with Crippen LogP contribution in [0.4, 0.5) is 4.79 Å². The number of hydrogen-bond donors (Lipinski definition) is 3. The van der Waals surface area contributed by atoms with E-state index in [1.165, 1.54) is 6.20 Å². The average molecular weight is 470 g/mol. The first-order valence-corrected chi connectivity index (χ1v) is 11.6. The van der Waals surface area contributed by atoms with Crippen molar-refractivity contribution in [3.8, 4) is 16.8 Å². The van der Waals surface area contributed by atoms with E-state index in [1.807, 2.05) is 55.5 Å². The van der Waals surface area contributed by atoms with Crippen LogP contribution >= 0.6 is 0 Å². The largest absolute Gasteiger partial charge is 0.449 e. The maximum atomic E-state index is 12.4. The van der Waals surface area contributed by atoms with Gasteiger partial charge in [0.2, 0.25) is 0 Å². The number of nitrogens with zero attached hydrogens (tertiary/aromatic N) is 2. The van der Waals surface area contributed by atoms with Crippen LogP contribution in [0.3, 0.4) is 0 Å². The summed E-state index contributed by atoms with van der Waals surface area (Å²) < 4.78 is 7.13. The van der Waals surface area contributed by atoms with Gasteiger partial charge in [-0.3, -0.25) is 0 Å². The zero-order chi connectivity index (χ0) is 24.4. The van der Waals surface area contributed by atoms with Crippen molar-refractivity contribution >= 4 is 6.09 Å². The van der Waals surface area contributed by atoms with Gasteiger partial charge in [-0.1, -0.05) is 60.7 Å². The minimum absolute atomic E-state index is 0.0453. The van der Waals surface area contributed by atoms with Gasteiger partial charge in [-0.05, 0) is 46.9 Å². The summed E-state index contributed by atoms with van der Waals surface area (Å²) >= 11 is 0. The summed E-state index contributed by atoms with van der Waals surface area (Å²) in [6.45, 7) is 2.01. The van der Waals surface area contributed by atoms with Crippen LogP contribution in [0.2, 0.25) is 0 Å². The molecule has 1 aromatic heterocycles. The van der Waals surface area contributed by atoms with Gasteiger partial charge in [0, 0.05) is 24.2 Å². The molecule has 0 aliphatic heterocycles. The molecule has 5 rings (SSSR count). The molecule has 1 heterocycles. The van der Waals surface area contributed by atoms with E-state index in [9.17, 15) is 15.0 Å². The van der Waals surface area contributed by atoms with Gasteiger partial charge in [0.25, 0.3) is 0 Å². The molecule has 1 aliphatic rings. The summed E-state index contributed by atoms with van der Waals surface area (Å²) in [5.74, 6) is -0.0453. The first kappa shape index (κ1) is 22.8. The highest BCUT2D eigenvalue weighted by molar-refractivity contribution is 5.79. The van der Waals surface area contributed by atoms with Gasteiger partial charge in [-0.2, -0.15) is 5.10 Å². The Hall–Kier alpha value is -3.94. The van der Waals surface area contributed by atoms with Crippen molar-refractivity contribution in [3.63, 3.8) is 0 Å². The number of rotatable bonds is 7. The SMILES string of the molecule is Cc1cccc(-n2cc(C(O)C(O)CNC(=O)OCC3c4ccccc4-c4ccccc43)cn2)c1. The normalized spacial score (nSPS) is 14.1. The van der Waals surface area contributed by atoms with Crippen molar-refractivity contribution in [1.29, 1.82) is 0 Å². The number of fused-ring (bicyclic) bond motifs is 3. The molecule has 0 spiro atoms. The van der Waals surface area contributed by atoms with Crippen molar-refractivity contribution in [2.24, 2.45) is 0 Å². The summed E-state index contributed by atoms with van der Waals surface area (Å²) in [5.41, 5.74) is 6.96. The fourth-order valence-electron chi connectivity index (χ4n) is 4.57. The van der Waals surface area contributed by atoms with E-state index in [2.05, 4.69) is 34.7 Å². The van der Waals surface area contributed by atoms with Gasteiger partial charge in [-0.15, -0.1) is 0 Å². The maximum Gasteiger partial charge on any atom is 0.407 e. The molecule has 7 nitrogen and oxygen atoms in total. The van der Waals surface area contributed by atoms with Gasteiger partial charge < -0.3 is 20.3 Å². The lowest BCUT2D eigenvalue weighted by Crippen LogP contribution is -2.36. The number of amides is 1. The third kappa shape index (κ3) is 4.69.